The van der Waals surface area contributed by atoms with Crippen molar-refractivity contribution in [3.8, 4) is 10.7 Å². The Balaban J connectivity index is 1.43. The van der Waals surface area contributed by atoms with E-state index in [2.05, 4.69) is 18.8 Å². The number of nitrogens with zero attached hydrogens (tertiary/aromatic N) is 2. The Morgan fingerprint density at radius 1 is 1.13 bits per heavy atom. The van der Waals surface area contributed by atoms with Crippen LogP contribution in [0.3, 0.4) is 0 Å². The molecule has 0 unspecified atom stereocenters. The maximum atomic E-state index is 12.7. The van der Waals surface area contributed by atoms with Crippen LogP contribution in [0.15, 0.2) is 24.4 Å². The molecule has 0 saturated heterocycles. The highest BCUT2D eigenvalue weighted by atomic mass is 32.1. The summed E-state index contributed by atoms with van der Waals surface area (Å²) in [6.07, 6.45) is 6.60. The number of aromatic nitrogens is 2. The SMILES string of the molecule is C[C@]12CC[C@H]3[C@@H](C[C@H](O)[C@@]4(O)c5sc(-c6ccccn6)nc5CC[C@]34C)[C@@H]1CCC2=O. The average Bonchev–Trinajstić information content (AvgIpc) is 3.33. The Hall–Kier alpha value is -1.63. The maximum absolute atomic E-state index is 12.7. The molecule has 7 atom stereocenters. The fourth-order valence-electron chi connectivity index (χ4n) is 7.85. The second kappa shape index (κ2) is 6.46. The molecule has 4 aliphatic rings. The van der Waals surface area contributed by atoms with E-state index in [0.717, 1.165) is 53.4 Å². The van der Waals surface area contributed by atoms with Crippen LogP contribution in [0.4, 0.5) is 0 Å². The molecular formula is C25H30N2O3S. The van der Waals surface area contributed by atoms with Gasteiger partial charge >= 0.3 is 0 Å². The number of ketones is 1. The van der Waals surface area contributed by atoms with Crippen LogP contribution in [0, 0.1) is 28.6 Å². The molecule has 2 aromatic rings. The van der Waals surface area contributed by atoms with E-state index in [0.29, 0.717) is 36.4 Å². The standard InChI is InChI=1S/C25H30N2O3S/c1-23-10-8-16-14(15(23)6-7-19(23)28)13-20(29)25(30)21-17(9-11-24(16,25)2)27-22(31-21)18-5-3-4-12-26-18/h3-5,12,14-16,20,29-30H,6-11,13H2,1-2H3/t14-,15-,16-,20-,23-,24+,25+/m0/s1. The van der Waals surface area contributed by atoms with Crippen molar-refractivity contribution in [3.05, 3.63) is 35.0 Å². The number of aryl methyl sites for hydroxylation is 1. The van der Waals surface area contributed by atoms with Gasteiger partial charge in [-0.3, -0.25) is 9.78 Å². The first-order chi connectivity index (χ1) is 14.8. The Kier molecular flexibility index (Phi) is 4.17. The summed E-state index contributed by atoms with van der Waals surface area (Å²) in [7, 11) is 0. The van der Waals surface area contributed by atoms with Gasteiger partial charge in [0.05, 0.1) is 22.4 Å². The van der Waals surface area contributed by atoms with Crippen molar-refractivity contribution >= 4 is 17.1 Å². The smallest absolute Gasteiger partial charge is 0.142 e. The van der Waals surface area contributed by atoms with Crippen LogP contribution in [0.2, 0.25) is 0 Å². The molecule has 2 aromatic heterocycles. The Labute approximate surface area is 186 Å². The number of Topliss-reactive ketones (excluding diaryl/α,β-unsaturated/α-hetero) is 1. The summed E-state index contributed by atoms with van der Waals surface area (Å²) in [5.41, 5.74) is -0.206. The lowest BCUT2D eigenvalue weighted by Gasteiger charge is -2.63. The van der Waals surface area contributed by atoms with Gasteiger partial charge in [-0.2, -0.15) is 0 Å². The van der Waals surface area contributed by atoms with Crippen LogP contribution in [-0.2, 0) is 16.8 Å². The Bertz CT molecular complexity index is 1050. The quantitative estimate of drug-likeness (QED) is 0.700. The molecule has 31 heavy (non-hydrogen) atoms. The number of aliphatic hydroxyl groups is 2. The van der Waals surface area contributed by atoms with E-state index in [-0.39, 0.29) is 5.41 Å². The largest absolute Gasteiger partial charge is 0.390 e. The number of aliphatic hydroxyl groups excluding tert-OH is 1. The first kappa shape index (κ1) is 20.0. The van der Waals surface area contributed by atoms with Crippen LogP contribution in [0.1, 0.15) is 62.9 Å². The summed E-state index contributed by atoms with van der Waals surface area (Å²) in [6, 6.07) is 5.78. The van der Waals surface area contributed by atoms with E-state index in [1.807, 2.05) is 18.2 Å². The summed E-state index contributed by atoms with van der Waals surface area (Å²) in [4.78, 5) is 22.8. The third kappa shape index (κ3) is 2.42. The molecule has 0 amide bonds. The summed E-state index contributed by atoms with van der Waals surface area (Å²) in [6.45, 7) is 4.34. The zero-order chi connectivity index (χ0) is 21.6. The number of rotatable bonds is 1. The van der Waals surface area contributed by atoms with Gasteiger partial charge in [0.2, 0.25) is 0 Å². The molecule has 0 aliphatic heterocycles. The van der Waals surface area contributed by atoms with Gasteiger partial charge in [-0.25, -0.2) is 4.98 Å². The lowest BCUT2D eigenvalue weighted by atomic mass is 9.43. The number of carbonyl (C=O) groups is 1. The molecule has 3 saturated carbocycles. The molecule has 0 bridgehead atoms. The van der Waals surface area contributed by atoms with Crippen molar-refractivity contribution < 1.29 is 15.0 Å². The van der Waals surface area contributed by atoms with Gasteiger partial charge in [0.15, 0.2) is 0 Å². The summed E-state index contributed by atoms with van der Waals surface area (Å²) in [5.74, 6) is 1.36. The minimum atomic E-state index is -1.29. The summed E-state index contributed by atoms with van der Waals surface area (Å²) in [5, 5.41) is 24.6. The number of thiazole rings is 1. The molecule has 2 heterocycles. The molecule has 6 heteroatoms. The fourth-order valence-corrected chi connectivity index (χ4v) is 9.22. The maximum Gasteiger partial charge on any atom is 0.142 e. The third-order valence-electron chi connectivity index (χ3n) is 9.62. The zero-order valence-electron chi connectivity index (χ0n) is 18.2. The van der Waals surface area contributed by atoms with Crippen molar-refractivity contribution in [3.63, 3.8) is 0 Å². The topological polar surface area (TPSA) is 83.3 Å². The highest BCUT2D eigenvalue weighted by Gasteiger charge is 2.68. The van der Waals surface area contributed by atoms with Gasteiger partial charge in [-0.05, 0) is 68.4 Å². The van der Waals surface area contributed by atoms with Crippen molar-refractivity contribution in [1.82, 2.24) is 9.97 Å². The van der Waals surface area contributed by atoms with E-state index in [1.54, 1.807) is 6.20 Å². The van der Waals surface area contributed by atoms with E-state index in [1.165, 1.54) is 11.3 Å². The molecule has 3 fully saturated rings. The van der Waals surface area contributed by atoms with Gasteiger partial charge < -0.3 is 10.2 Å². The molecule has 0 spiro atoms. The molecule has 0 aromatic carbocycles. The van der Waals surface area contributed by atoms with E-state index < -0.39 is 17.1 Å². The van der Waals surface area contributed by atoms with Crippen LogP contribution >= 0.6 is 11.3 Å². The van der Waals surface area contributed by atoms with Gasteiger partial charge in [-0.15, -0.1) is 11.3 Å². The summed E-state index contributed by atoms with van der Waals surface area (Å²) < 4.78 is 0. The van der Waals surface area contributed by atoms with Crippen LogP contribution in [-0.4, -0.2) is 32.1 Å². The molecule has 5 nitrogen and oxygen atoms in total. The Morgan fingerprint density at radius 2 is 1.97 bits per heavy atom. The summed E-state index contributed by atoms with van der Waals surface area (Å²) >= 11 is 1.50. The minimum Gasteiger partial charge on any atom is -0.390 e. The lowest BCUT2D eigenvalue weighted by Crippen LogP contribution is -2.65. The molecule has 4 aliphatic carbocycles. The van der Waals surface area contributed by atoms with Crippen molar-refractivity contribution in [1.29, 1.82) is 0 Å². The van der Waals surface area contributed by atoms with Crippen molar-refractivity contribution in [2.24, 2.45) is 28.6 Å². The van der Waals surface area contributed by atoms with Crippen LogP contribution in [0.5, 0.6) is 0 Å². The molecule has 0 radical (unpaired) electrons. The molecule has 164 valence electrons. The predicted octanol–water partition coefficient (Wildman–Crippen LogP) is 4.12. The van der Waals surface area contributed by atoms with Gasteiger partial charge in [0.25, 0.3) is 0 Å². The zero-order valence-corrected chi connectivity index (χ0v) is 19.0. The fraction of sp³-hybridized carbons (Fsp3) is 0.640. The van der Waals surface area contributed by atoms with Crippen LogP contribution < -0.4 is 0 Å². The van der Waals surface area contributed by atoms with Gasteiger partial charge in [-0.1, -0.05) is 19.9 Å². The molecular weight excluding hydrogens is 408 g/mol. The second-order valence-electron chi connectivity index (χ2n) is 10.7. The van der Waals surface area contributed by atoms with E-state index >= 15 is 0 Å². The molecule has 2 N–H and O–H groups in total. The first-order valence-electron chi connectivity index (χ1n) is 11.6. The van der Waals surface area contributed by atoms with Crippen molar-refractivity contribution in [2.45, 2.75) is 70.5 Å². The number of carbonyl (C=O) groups excluding carboxylic acids is 1. The highest BCUT2D eigenvalue weighted by Crippen LogP contribution is 2.68. The monoisotopic (exact) mass is 438 g/mol. The minimum absolute atomic E-state index is 0.233. The normalized spacial score (nSPS) is 43.7. The lowest BCUT2D eigenvalue weighted by molar-refractivity contribution is -0.247. The number of hydrogen-bond donors (Lipinski definition) is 2. The second-order valence-corrected chi connectivity index (χ2v) is 11.7. The van der Waals surface area contributed by atoms with Gasteiger partial charge in [0.1, 0.15) is 16.4 Å². The van der Waals surface area contributed by atoms with Crippen molar-refractivity contribution in [2.75, 3.05) is 0 Å². The Morgan fingerprint density at radius 3 is 2.74 bits per heavy atom. The molecule has 6 rings (SSSR count). The highest BCUT2D eigenvalue weighted by molar-refractivity contribution is 7.15. The number of fused-ring (bicyclic) bond motifs is 7. The predicted molar refractivity (Wildman–Crippen MR) is 118 cm³/mol. The van der Waals surface area contributed by atoms with E-state index in [4.69, 9.17) is 4.98 Å². The van der Waals surface area contributed by atoms with E-state index in [9.17, 15) is 15.0 Å². The third-order valence-corrected chi connectivity index (χ3v) is 10.9. The average molecular weight is 439 g/mol. The van der Waals surface area contributed by atoms with Gasteiger partial charge in [0, 0.05) is 23.4 Å². The van der Waals surface area contributed by atoms with Crippen LogP contribution in [0.25, 0.3) is 10.7 Å². The number of hydrogen-bond acceptors (Lipinski definition) is 6. The number of pyridine rings is 1. The first-order valence-corrected chi connectivity index (χ1v) is 12.5.